The molecule has 1 aromatic heterocycles. The number of halogens is 1. The van der Waals surface area contributed by atoms with Gasteiger partial charge < -0.3 is 5.32 Å². The average molecular weight is 330 g/mol. The van der Waals surface area contributed by atoms with Crippen LogP contribution in [-0.4, -0.2) is 30.1 Å². The number of benzene rings is 1. The van der Waals surface area contributed by atoms with E-state index in [0.29, 0.717) is 12.4 Å². The number of hydrogen-bond donors (Lipinski definition) is 3. The van der Waals surface area contributed by atoms with Gasteiger partial charge in [0.05, 0.1) is 11.6 Å². The van der Waals surface area contributed by atoms with Crippen LogP contribution in [0.4, 0.5) is 0 Å². The third-order valence-electron chi connectivity index (χ3n) is 2.76. The minimum Gasteiger partial charge on any atom is -0.313 e. The predicted octanol–water partition coefficient (Wildman–Crippen LogP) is 1.05. The number of sulfonamides is 1. The molecule has 2 aromatic rings. The van der Waals surface area contributed by atoms with Crippen LogP contribution in [0, 0.1) is 0 Å². The Morgan fingerprint density at radius 1 is 1.33 bits per heavy atom. The molecule has 7 nitrogen and oxygen atoms in total. The molecule has 0 aliphatic rings. The van der Waals surface area contributed by atoms with Crippen LogP contribution < -0.4 is 10.0 Å². The summed E-state index contributed by atoms with van der Waals surface area (Å²) in [7, 11) is -3.71. The lowest BCUT2D eigenvalue weighted by molar-refractivity contribution is 0.579. The number of nitrogens with zero attached hydrogens (tertiary/aromatic N) is 2. The first kappa shape index (κ1) is 15.9. The molecule has 0 radical (unpaired) electrons. The van der Waals surface area contributed by atoms with Crippen LogP contribution >= 0.6 is 11.6 Å². The quantitative estimate of drug-likeness (QED) is 0.705. The summed E-state index contributed by atoms with van der Waals surface area (Å²) in [6.45, 7) is 3.38. The minimum absolute atomic E-state index is 0.0239. The Bertz CT molecular complexity index is 688. The summed E-state index contributed by atoms with van der Waals surface area (Å²) in [5, 5.41) is 9.56. The highest BCUT2D eigenvalue weighted by atomic mass is 35.5. The minimum atomic E-state index is -3.71. The molecule has 1 aromatic carbocycles. The number of aromatic nitrogens is 3. The Hall–Kier alpha value is -1.48. The molecule has 0 amide bonds. The maximum absolute atomic E-state index is 12.3. The van der Waals surface area contributed by atoms with Gasteiger partial charge in [0.1, 0.15) is 17.0 Å². The van der Waals surface area contributed by atoms with Gasteiger partial charge in [0.25, 0.3) is 0 Å². The standard InChI is InChI=1S/C12H16ClN5O2S/c1-2-14-6-9-3-4-10(13)11(5-9)21(19,20)17-7-12-15-8-16-18-12/h3-5,8,14,17H,2,6-7H2,1H3,(H,15,16,18). The second-order valence-corrected chi connectivity index (χ2v) is 6.44. The highest BCUT2D eigenvalue weighted by Crippen LogP contribution is 2.22. The molecule has 3 N–H and O–H groups in total. The number of hydrogen-bond acceptors (Lipinski definition) is 5. The molecule has 114 valence electrons. The lowest BCUT2D eigenvalue weighted by atomic mass is 10.2. The third-order valence-corrected chi connectivity index (χ3v) is 4.64. The van der Waals surface area contributed by atoms with E-state index in [1.54, 1.807) is 18.2 Å². The van der Waals surface area contributed by atoms with Crippen LogP contribution in [0.15, 0.2) is 29.4 Å². The molecule has 1 heterocycles. The maximum Gasteiger partial charge on any atom is 0.242 e. The fourth-order valence-electron chi connectivity index (χ4n) is 1.69. The van der Waals surface area contributed by atoms with Crippen LogP contribution in [0.5, 0.6) is 0 Å². The average Bonchev–Trinajstić information content (AvgIpc) is 2.97. The number of aromatic amines is 1. The zero-order valence-electron chi connectivity index (χ0n) is 11.4. The van der Waals surface area contributed by atoms with E-state index in [1.807, 2.05) is 6.92 Å². The Morgan fingerprint density at radius 2 is 2.14 bits per heavy atom. The molecular weight excluding hydrogens is 314 g/mol. The molecular formula is C12H16ClN5O2S. The van der Waals surface area contributed by atoms with E-state index in [2.05, 4.69) is 25.2 Å². The molecule has 0 saturated carbocycles. The van der Waals surface area contributed by atoms with E-state index in [0.717, 1.165) is 12.1 Å². The van der Waals surface area contributed by atoms with E-state index in [9.17, 15) is 8.42 Å². The normalized spacial score (nSPS) is 11.7. The van der Waals surface area contributed by atoms with E-state index < -0.39 is 10.0 Å². The fraction of sp³-hybridized carbons (Fsp3) is 0.333. The first-order valence-corrected chi connectivity index (χ1v) is 8.22. The van der Waals surface area contributed by atoms with Gasteiger partial charge in [-0.1, -0.05) is 24.6 Å². The Labute approximate surface area is 128 Å². The molecule has 0 saturated heterocycles. The van der Waals surface area contributed by atoms with Gasteiger partial charge in [-0.3, -0.25) is 5.10 Å². The zero-order valence-corrected chi connectivity index (χ0v) is 13.0. The number of nitrogens with one attached hydrogen (secondary N) is 3. The van der Waals surface area contributed by atoms with Crippen molar-refractivity contribution in [1.29, 1.82) is 0 Å². The Kier molecular flexibility index (Phi) is 5.29. The van der Waals surface area contributed by atoms with E-state index in [-0.39, 0.29) is 16.5 Å². The van der Waals surface area contributed by atoms with Gasteiger partial charge in [-0.25, -0.2) is 18.1 Å². The van der Waals surface area contributed by atoms with Crippen molar-refractivity contribution < 1.29 is 8.42 Å². The molecule has 0 aliphatic heterocycles. The molecule has 0 fully saturated rings. The van der Waals surface area contributed by atoms with Crippen LogP contribution in [-0.2, 0) is 23.1 Å². The van der Waals surface area contributed by atoms with Crippen LogP contribution in [0.3, 0.4) is 0 Å². The summed E-state index contributed by atoms with van der Waals surface area (Å²) in [5.41, 5.74) is 0.848. The van der Waals surface area contributed by atoms with Crippen molar-refractivity contribution >= 4 is 21.6 Å². The highest BCUT2D eigenvalue weighted by molar-refractivity contribution is 7.89. The maximum atomic E-state index is 12.3. The van der Waals surface area contributed by atoms with Crippen molar-refractivity contribution in [3.8, 4) is 0 Å². The summed E-state index contributed by atoms with van der Waals surface area (Å²) in [4.78, 5) is 3.91. The highest BCUT2D eigenvalue weighted by Gasteiger charge is 2.18. The van der Waals surface area contributed by atoms with E-state index in [4.69, 9.17) is 11.6 Å². The molecule has 0 spiro atoms. The molecule has 0 unspecified atom stereocenters. The Morgan fingerprint density at radius 3 is 2.81 bits per heavy atom. The number of H-pyrrole nitrogens is 1. The predicted molar refractivity (Wildman–Crippen MR) is 79.2 cm³/mol. The van der Waals surface area contributed by atoms with Gasteiger partial charge in [0.2, 0.25) is 10.0 Å². The van der Waals surface area contributed by atoms with Crippen LogP contribution in [0.1, 0.15) is 18.3 Å². The van der Waals surface area contributed by atoms with Gasteiger partial charge in [-0.2, -0.15) is 5.10 Å². The smallest absolute Gasteiger partial charge is 0.242 e. The Balaban J connectivity index is 2.17. The summed E-state index contributed by atoms with van der Waals surface area (Å²) >= 11 is 6.00. The van der Waals surface area contributed by atoms with Crippen molar-refractivity contribution in [3.05, 3.63) is 40.9 Å². The monoisotopic (exact) mass is 329 g/mol. The van der Waals surface area contributed by atoms with Crippen LogP contribution in [0.25, 0.3) is 0 Å². The fourth-order valence-corrected chi connectivity index (χ4v) is 3.23. The molecule has 9 heteroatoms. The largest absolute Gasteiger partial charge is 0.313 e. The topological polar surface area (TPSA) is 99.8 Å². The molecule has 2 rings (SSSR count). The second kappa shape index (κ2) is 6.99. The van der Waals surface area contributed by atoms with Crippen molar-refractivity contribution in [1.82, 2.24) is 25.2 Å². The van der Waals surface area contributed by atoms with Crippen molar-refractivity contribution in [2.45, 2.75) is 24.9 Å². The second-order valence-electron chi connectivity index (χ2n) is 4.30. The molecule has 0 aliphatic carbocycles. The van der Waals surface area contributed by atoms with Crippen molar-refractivity contribution in [3.63, 3.8) is 0 Å². The van der Waals surface area contributed by atoms with Gasteiger partial charge in [-0.15, -0.1) is 0 Å². The van der Waals surface area contributed by atoms with Crippen molar-refractivity contribution in [2.75, 3.05) is 6.54 Å². The molecule has 21 heavy (non-hydrogen) atoms. The summed E-state index contributed by atoms with van der Waals surface area (Å²) < 4.78 is 27.0. The van der Waals surface area contributed by atoms with E-state index in [1.165, 1.54) is 6.33 Å². The van der Waals surface area contributed by atoms with E-state index >= 15 is 0 Å². The lowest BCUT2D eigenvalue weighted by Gasteiger charge is -2.10. The first-order valence-electron chi connectivity index (χ1n) is 6.36. The summed E-state index contributed by atoms with van der Waals surface area (Å²) in [6, 6.07) is 4.94. The lowest BCUT2D eigenvalue weighted by Crippen LogP contribution is -2.24. The molecule has 0 bridgehead atoms. The van der Waals surface area contributed by atoms with Crippen molar-refractivity contribution in [2.24, 2.45) is 0 Å². The number of rotatable bonds is 7. The van der Waals surface area contributed by atoms with Gasteiger partial charge in [0, 0.05) is 6.54 Å². The van der Waals surface area contributed by atoms with Gasteiger partial charge in [0.15, 0.2) is 0 Å². The zero-order chi connectivity index (χ0) is 15.3. The van der Waals surface area contributed by atoms with Crippen LogP contribution in [0.2, 0.25) is 5.02 Å². The molecule has 0 atom stereocenters. The summed E-state index contributed by atoms with van der Waals surface area (Å²) in [6.07, 6.45) is 1.31. The summed E-state index contributed by atoms with van der Waals surface area (Å²) in [5.74, 6) is 0.429. The first-order chi connectivity index (χ1) is 10.0. The van der Waals surface area contributed by atoms with Gasteiger partial charge in [-0.05, 0) is 24.2 Å². The SMILES string of the molecule is CCNCc1ccc(Cl)c(S(=O)(=O)NCc2ncn[nH]2)c1. The third kappa shape index (κ3) is 4.24. The van der Waals surface area contributed by atoms with Gasteiger partial charge >= 0.3 is 0 Å².